The van der Waals surface area contributed by atoms with Gasteiger partial charge in [-0.05, 0) is 42.3 Å². The lowest BCUT2D eigenvalue weighted by atomic mass is 9.88. The van der Waals surface area contributed by atoms with Gasteiger partial charge in [0.15, 0.2) is 0 Å². The van der Waals surface area contributed by atoms with E-state index in [-0.39, 0.29) is 5.92 Å². The second-order valence-electron chi connectivity index (χ2n) is 6.65. The summed E-state index contributed by atoms with van der Waals surface area (Å²) in [6, 6.07) is 21.1. The Hall–Kier alpha value is -2.56. The first kappa shape index (κ1) is 17.8. The van der Waals surface area contributed by atoms with Gasteiger partial charge in [0, 0.05) is 11.5 Å². The molecule has 5 heteroatoms. The Labute approximate surface area is 163 Å². The van der Waals surface area contributed by atoms with E-state index in [1.165, 1.54) is 5.56 Å². The van der Waals surface area contributed by atoms with E-state index in [9.17, 15) is 5.11 Å². The number of hydrogen-bond donors (Lipinski definition) is 1. The van der Waals surface area contributed by atoms with Crippen LogP contribution >= 0.6 is 11.6 Å². The first-order chi connectivity index (χ1) is 13.2. The van der Waals surface area contributed by atoms with Crippen molar-refractivity contribution in [1.82, 2.24) is 4.98 Å². The van der Waals surface area contributed by atoms with Gasteiger partial charge in [0.2, 0.25) is 0 Å². The molecule has 0 saturated heterocycles. The van der Waals surface area contributed by atoms with Crippen LogP contribution in [0.25, 0.3) is 0 Å². The number of aliphatic hydroxyl groups is 1. The summed E-state index contributed by atoms with van der Waals surface area (Å²) in [6.45, 7) is 0.805. The summed E-state index contributed by atoms with van der Waals surface area (Å²) in [5.41, 5.74) is 2.70. The molecule has 138 valence electrons. The zero-order valence-corrected chi connectivity index (χ0v) is 15.5. The number of rotatable bonds is 5. The van der Waals surface area contributed by atoms with Gasteiger partial charge < -0.3 is 14.6 Å². The van der Waals surface area contributed by atoms with Crippen LogP contribution in [0.3, 0.4) is 0 Å². The van der Waals surface area contributed by atoms with E-state index in [1.54, 1.807) is 6.07 Å². The highest BCUT2D eigenvalue weighted by atomic mass is 35.5. The smallest absolute Gasteiger partial charge is 0.130 e. The van der Waals surface area contributed by atoms with Crippen molar-refractivity contribution >= 4 is 11.6 Å². The Morgan fingerprint density at radius 3 is 2.74 bits per heavy atom. The van der Waals surface area contributed by atoms with Gasteiger partial charge in [-0.15, -0.1) is 0 Å². The van der Waals surface area contributed by atoms with Crippen molar-refractivity contribution in [2.24, 2.45) is 5.92 Å². The van der Waals surface area contributed by atoms with Gasteiger partial charge in [0.05, 0.1) is 18.4 Å². The van der Waals surface area contributed by atoms with Crippen LogP contribution in [0.15, 0.2) is 66.7 Å². The zero-order valence-electron chi connectivity index (χ0n) is 14.7. The molecule has 4 rings (SSSR count). The molecule has 0 unspecified atom stereocenters. The van der Waals surface area contributed by atoms with Crippen LogP contribution in [0.2, 0.25) is 5.15 Å². The van der Waals surface area contributed by atoms with Crippen LogP contribution in [-0.4, -0.2) is 16.7 Å². The number of pyridine rings is 1. The van der Waals surface area contributed by atoms with E-state index in [1.807, 2.05) is 48.5 Å². The third-order valence-corrected chi connectivity index (χ3v) is 4.91. The second-order valence-corrected chi connectivity index (χ2v) is 7.03. The lowest BCUT2D eigenvalue weighted by Gasteiger charge is -2.30. The summed E-state index contributed by atoms with van der Waals surface area (Å²) < 4.78 is 11.7. The zero-order chi connectivity index (χ0) is 18.6. The quantitative estimate of drug-likeness (QED) is 0.656. The summed E-state index contributed by atoms with van der Waals surface area (Å²) in [5.74, 6) is 1.38. The molecule has 1 aliphatic rings. The Balaban J connectivity index is 1.47. The Kier molecular flexibility index (Phi) is 5.28. The molecule has 0 bridgehead atoms. The number of fused-ring (bicyclic) bond motifs is 1. The third kappa shape index (κ3) is 4.24. The molecule has 0 amide bonds. The first-order valence-electron chi connectivity index (χ1n) is 8.92. The molecule has 1 N–H and O–H groups in total. The number of nitrogens with zero attached hydrogens (tertiary/aromatic N) is 1. The summed E-state index contributed by atoms with van der Waals surface area (Å²) in [6.07, 6.45) is 0.167. The van der Waals surface area contributed by atoms with Crippen LogP contribution in [0.1, 0.15) is 22.9 Å². The average Bonchev–Trinajstić information content (AvgIpc) is 2.70. The van der Waals surface area contributed by atoms with Crippen molar-refractivity contribution in [1.29, 1.82) is 0 Å². The van der Waals surface area contributed by atoms with E-state index in [2.05, 4.69) is 17.1 Å². The highest BCUT2D eigenvalue weighted by Crippen LogP contribution is 2.39. The average molecular weight is 382 g/mol. The van der Waals surface area contributed by atoms with Crippen molar-refractivity contribution in [3.05, 3.63) is 88.7 Å². The number of hydrogen-bond acceptors (Lipinski definition) is 4. The molecule has 2 heterocycles. The molecule has 2 aromatic carbocycles. The van der Waals surface area contributed by atoms with E-state index in [0.717, 1.165) is 17.7 Å². The van der Waals surface area contributed by atoms with Crippen molar-refractivity contribution < 1.29 is 14.6 Å². The molecule has 2 atom stereocenters. The lowest BCUT2D eigenvalue weighted by molar-refractivity contribution is 0.0504. The van der Waals surface area contributed by atoms with Crippen LogP contribution in [0, 0.1) is 5.92 Å². The van der Waals surface area contributed by atoms with E-state index in [4.69, 9.17) is 21.1 Å². The largest absolute Gasteiger partial charge is 0.493 e. The molecule has 1 aromatic heterocycles. The molecular formula is C22H20ClNO3. The minimum atomic E-state index is -0.596. The number of ether oxygens (including phenoxy) is 2. The highest BCUT2D eigenvalue weighted by molar-refractivity contribution is 6.29. The number of halogens is 1. The normalized spacial score (nSPS) is 18.4. The molecule has 0 radical (unpaired) electrons. The van der Waals surface area contributed by atoms with Gasteiger partial charge in [-0.3, -0.25) is 0 Å². The minimum absolute atomic E-state index is 0.00440. The monoisotopic (exact) mass is 381 g/mol. The highest BCUT2D eigenvalue weighted by Gasteiger charge is 2.30. The fourth-order valence-electron chi connectivity index (χ4n) is 3.30. The lowest BCUT2D eigenvalue weighted by Crippen LogP contribution is -2.27. The summed E-state index contributed by atoms with van der Waals surface area (Å²) in [5, 5.41) is 11.3. The number of aliphatic hydroxyl groups excluding tert-OH is 1. The predicted octanol–water partition coefficient (Wildman–Crippen LogP) is 4.60. The van der Waals surface area contributed by atoms with Crippen molar-refractivity contribution in [2.75, 3.05) is 6.61 Å². The molecule has 0 spiro atoms. The standard InChI is InChI=1S/C22H20ClNO3/c23-21-8-4-7-17(24-21)14-26-18-9-10-20-19(12-18)22(25)16(13-27-20)11-15-5-2-1-3-6-15/h1-10,12,16,22,25H,11,13-14H2/t16-,22+/m1/s1. The van der Waals surface area contributed by atoms with Gasteiger partial charge in [-0.25, -0.2) is 4.98 Å². The van der Waals surface area contributed by atoms with Crippen LogP contribution < -0.4 is 9.47 Å². The molecule has 1 aliphatic heterocycles. The summed E-state index contributed by atoms with van der Waals surface area (Å²) in [7, 11) is 0. The van der Waals surface area contributed by atoms with Gasteiger partial charge in [-0.2, -0.15) is 0 Å². The second kappa shape index (κ2) is 7.99. The Bertz CT molecular complexity index is 916. The number of benzene rings is 2. The van der Waals surface area contributed by atoms with Crippen molar-refractivity contribution in [3.8, 4) is 11.5 Å². The fraction of sp³-hybridized carbons (Fsp3) is 0.227. The molecule has 4 nitrogen and oxygen atoms in total. The molecule has 0 fully saturated rings. The molecule has 0 saturated carbocycles. The topological polar surface area (TPSA) is 51.6 Å². The Morgan fingerprint density at radius 2 is 1.93 bits per heavy atom. The summed E-state index contributed by atoms with van der Waals surface area (Å²) >= 11 is 5.91. The molecule has 3 aromatic rings. The molecule has 27 heavy (non-hydrogen) atoms. The van der Waals surface area contributed by atoms with Crippen LogP contribution in [0.4, 0.5) is 0 Å². The maximum absolute atomic E-state index is 10.9. The fourth-order valence-corrected chi connectivity index (χ4v) is 3.48. The van der Waals surface area contributed by atoms with E-state index < -0.39 is 6.10 Å². The predicted molar refractivity (Wildman–Crippen MR) is 104 cm³/mol. The third-order valence-electron chi connectivity index (χ3n) is 4.70. The van der Waals surface area contributed by atoms with Crippen molar-refractivity contribution in [3.63, 3.8) is 0 Å². The summed E-state index contributed by atoms with van der Waals surface area (Å²) in [4.78, 5) is 4.22. The van der Waals surface area contributed by atoms with Gasteiger partial charge in [0.25, 0.3) is 0 Å². The minimum Gasteiger partial charge on any atom is -0.493 e. The van der Waals surface area contributed by atoms with Gasteiger partial charge in [-0.1, -0.05) is 48.0 Å². The molecule has 0 aliphatic carbocycles. The Morgan fingerprint density at radius 1 is 1.07 bits per heavy atom. The van der Waals surface area contributed by atoms with Gasteiger partial charge >= 0.3 is 0 Å². The number of aromatic nitrogens is 1. The van der Waals surface area contributed by atoms with Gasteiger partial charge in [0.1, 0.15) is 23.3 Å². The SMILES string of the molecule is O[C@@H]1c2cc(OCc3cccc(Cl)n3)ccc2OC[C@H]1Cc1ccccc1. The maximum Gasteiger partial charge on any atom is 0.130 e. The maximum atomic E-state index is 10.9. The first-order valence-corrected chi connectivity index (χ1v) is 9.30. The van der Waals surface area contributed by atoms with Crippen LogP contribution in [-0.2, 0) is 13.0 Å². The van der Waals surface area contributed by atoms with E-state index >= 15 is 0 Å². The van der Waals surface area contributed by atoms with Crippen molar-refractivity contribution in [2.45, 2.75) is 19.1 Å². The molecular weight excluding hydrogens is 362 g/mol. The van der Waals surface area contributed by atoms with E-state index in [0.29, 0.717) is 29.9 Å². The van der Waals surface area contributed by atoms with Crippen LogP contribution in [0.5, 0.6) is 11.5 Å².